The second kappa shape index (κ2) is 13.7. The molecule has 1 heterocycles. The molecule has 0 aliphatic rings. The molecule has 2 aromatic carbocycles. The Hall–Kier alpha value is -3.32. The van der Waals surface area contributed by atoms with Gasteiger partial charge in [0, 0.05) is 17.4 Å². The molecule has 0 aliphatic heterocycles. The number of anilines is 1. The Morgan fingerprint density at radius 2 is 1.69 bits per heavy atom. The van der Waals surface area contributed by atoms with Crippen molar-refractivity contribution in [1.82, 2.24) is 0 Å². The van der Waals surface area contributed by atoms with Crippen LogP contribution in [0, 0.1) is 0 Å². The van der Waals surface area contributed by atoms with Crippen molar-refractivity contribution in [1.29, 1.82) is 0 Å². The number of rotatable bonds is 13. The third-order valence-electron chi connectivity index (χ3n) is 5.81. The van der Waals surface area contributed by atoms with Crippen molar-refractivity contribution >= 4 is 28.2 Å². The Kier molecular flexibility index (Phi) is 10.4. The third kappa shape index (κ3) is 7.10. The fraction of sp³-hybridized carbons (Fsp3) is 0.379. The smallest absolute Gasteiger partial charge is 0.341 e. The molecule has 3 rings (SSSR count). The van der Waals surface area contributed by atoms with Gasteiger partial charge in [-0.25, -0.2) is 4.79 Å². The Morgan fingerprint density at radius 3 is 2.36 bits per heavy atom. The Labute approximate surface area is 217 Å². The summed E-state index contributed by atoms with van der Waals surface area (Å²) in [7, 11) is 1.35. The maximum Gasteiger partial charge on any atom is 0.341 e. The van der Waals surface area contributed by atoms with Crippen molar-refractivity contribution in [2.45, 2.75) is 52.9 Å². The van der Waals surface area contributed by atoms with Crippen LogP contribution in [0.2, 0.25) is 0 Å². The topological polar surface area (TPSA) is 73.9 Å². The first-order valence-corrected chi connectivity index (χ1v) is 13.4. The predicted octanol–water partition coefficient (Wildman–Crippen LogP) is 6.91. The molecular weight excluding hydrogens is 474 g/mol. The number of amides is 1. The summed E-state index contributed by atoms with van der Waals surface area (Å²) < 4.78 is 16.6. The molecule has 0 radical (unpaired) electrons. The fourth-order valence-electron chi connectivity index (χ4n) is 3.76. The minimum Gasteiger partial charge on any atom is -0.490 e. The van der Waals surface area contributed by atoms with Crippen LogP contribution in [-0.2, 0) is 22.4 Å². The average Bonchev–Trinajstić information content (AvgIpc) is 3.31. The Bertz CT molecular complexity index is 1150. The molecule has 0 fully saturated rings. The number of carbonyl (C=O) groups excluding carboxylic acids is 2. The first-order valence-electron chi connectivity index (χ1n) is 12.5. The average molecular weight is 510 g/mol. The number of carbonyl (C=O) groups is 2. The van der Waals surface area contributed by atoms with Gasteiger partial charge in [0.25, 0.3) is 0 Å². The standard InChI is InChI=1S/C29H35NO5S/c1-5-8-17-35-24-15-11-21(18-25(24)34-7-3)12-16-26(31)30-28-27(29(32)33-4)23(19-36-28)22-13-9-20(6-2)10-14-22/h9-11,13-15,18-19H,5-8,12,16-17H2,1-4H3,(H,30,31). The van der Waals surface area contributed by atoms with E-state index in [1.165, 1.54) is 24.0 Å². The van der Waals surface area contributed by atoms with Crippen molar-refractivity contribution in [3.63, 3.8) is 0 Å². The van der Waals surface area contributed by atoms with E-state index in [9.17, 15) is 9.59 Å². The molecule has 0 bridgehead atoms. The first kappa shape index (κ1) is 27.3. The summed E-state index contributed by atoms with van der Waals surface area (Å²) >= 11 is 1.33. The van der Waals surface area contributed by atoms with E-state index in [-0.39, 0.29) is 12.3 Å². The van der Waals surface area contributed by atoms with Crippen molar-refractivity contribution in [3.8, 4) is 22.6 Å². The number of ether oxygens (including phenoxy) is 3. The minimum atomic E-state index is -0.471. The number of nitrogens with one attached hydrogen (secondary N) is 1. The SMILES string of the molecule is CCCCOc1ccc(CCC(=O)Nc2scc(-c3ccc(CC)cc3)c2C(=O)OC)cc1OCC. The monoisotopic (exact) mass is 509 g/mol. The lowest BCUT2D eigenvalue weighted by atomic mass is 10.0. The molecule has 6 nitrogen and oxygen atoms in total. The van der Waals surface area contributed by atoms with Gasteiger partial charge in [-0.1, -0.05) is 50.6 Å². The summed E-state index contributed by atoms with van der Waals surface area (Å²) in [6, 6.07) is 13.9. The molecule has 1 aromatic heterocycles. The zero-order valence-electron chi connectivity index (χ0n) is 21.5. The maximum atomic E-state index is 12.8. The van der Waals surface area contributed by atoms with Crippen LogP contribution < -0.4 is 14.8 Å². The Morgan fingerprint density at radius 1 is 0.944 bits per heavy atom. The summed E-state index contributed by atoms with van der Waals surface area (Å²) in [4.78, 5) is 25.4. The lowest BCUT2D eigenvalue weighted by Gasteiger charge is -2.13. The molecule has 3 aromatic rings. The van der Waals surface area contributed by atoms with Crippen LogP contribution in [0.5, 0.6) is 11.5 Å². The Balaban J connectivity index is 1.70. The van der Waals surface area contributed by atoms with Crippen molar-refractivity contribution in [2.75, 3.05) is 25.6 Å². The van der Waals surface area contributed by atoms with Crippen LogP contribution in [0.3, 0.4) is 0 Å². The largest absolute Gasteiger partial charge is 0.490 e. The van der Waals surface area contributed by atoms with Gasteiger partial charge in [0.05, 0.1) is 20.3 Å². The summed E-state index contributed by atoms with van der Waals surface area (Å²) in [6.45, 7) is 7.33. The van der Waals surface area contributed by atoms with E-state index in [1.54, 1.807) is 0 Å². The summed E-state index contributed by atoms with van der Waals surface area (Å²) in [5.74, 6) is 0.771. The first-order chi connectivity index (χ1) is 17.5. The number of thiophene rings is 1. The fourth-order valence-corrected chi connectivity index (χ4v) is 4.73. The molecule has 0 saturated heterocycles. The van der Waals surface area contributed by atoms with Crippen LogP contribution >= 0.6 is 11.3 Å². The number of esters is 1. The molecule has 1 N–H and O–H groups in total. The highest BCUT2D eigenvalue weighted by molar-refractivity contribution is 7.15. The number of hydrogen-bond acceptors (Lipinski definition) is 6. The van der Waals surface area contributed by atoms with Crippen molar-refractivity contribution < 1.29 is 23.8 Å². The second-order valence-electron chi connectivity index (χ2n) is 8.36. The quantitative estimate of drug-likeness (QED) is 0.200. The van der Waals surface area contributed by atoms with Gasteiger partial charge in [-0.05, 0) is 55.0 Å². The molecule has 0 unspecified atom stereocenters. The van der Waals surface area contributed by atoms with E-state index in [0.29, 0.717) is 35.9 Å². The molecule has 0 aliphatic carbocycles. The summed E-state index contributed by atoms with van der Waals surface area (Å²) in [5, 5.41) is 5.30. The normalized spacial score (nSPS) is 10.7. The van der Waals surface area contributed by atoms with Crippen molar-refractivity contribution in [2.24, 2.45) is 0 Å². The van der Waals surface area contributed by atoms with Gasteiger partial charge < -0.3 is 19.5 Å². The number of aryl methyl sites for hydroxylation is 2. The molecular formula is C29H35NO5S. The van der Waals surface area contributed by atoms with E-state index >= 15 is 0 Å². The maximum absolute atomic E-state index is 12.8. The predicted molar refractivity (Wildman–Crippen MR) is 145 cm³/mol. The highest BCUT2D eigenvalue weighted by Crippen LogP contribution is 2.36. The van der Waals surface area contributed by atoms with Crippen molar-refractivity contribution in [3.05, 3.63) is 64.5 Å². The third-order valence-corrected chi connectivity index (χ3v) is 6.71. The summed E-state index contributed by atoms with van der Waals surface area (Å²) in [6.07, 6.45) is 3.78. The van der Waals surface area contributed by atoms with E-state index in [2.05, 4.69) is 19.2 Å². The number of hydrogen-bond donors (Lipinski definition) is 1. The van der Waals surface area contributed by atoms with Gasteiger partial charge in [-0.3, -0.25) is 4.79 Å². The van der Waals surface area contributed by atoms with Crippen LogP contribution in [-0.4, -0.2) is 32.2 Å². The number of methoxy groups -OCH3 is 1. The van der Waals surface area contributed by atoms with E-state index in [1.807, 2.05) is 54.8 Å². The lowest BCUT2D eigenvalue weighted by molar-refractivity contribution is -0.116. The van der Waals surface area contributed by atoms with E-state index < -0.39 is 5.97 Å². The van der Waals surface area contributed by atoms with E-state index in [0.717, 1.165) is 41.7 Å². The highest BCUT2D eigenvalue weighted by Gasteiger charge is 2.22. The zero-order valence-corrected chi connectivity index (χ0v) is 22.3. The van der Waals surface area contributed by atoms with Gasteiger partial charge in [-0.2, -0.15) is 0 Å². The van der Waals surface area contributed by atoms with Gasteiger partial charge in [-0.15, -0.1) is 11.3 Å². The van der Waals surface area contributed by atoms with Gasteiger partial charge in [0.1, 0.15) is 10.6 Å². The molecule has 0 spiro atoms. The molecule has 0 saturated carbocycles. The zero-order chi connectivity index (χ0) is 25.9. The number of benzene rings is 2. The van der Waals surface area contributed by atoms with Crippen LogP contribution in [0.1, 0.15) is 61.5 Å². The lowest BCUT2D eigenvalue weighted by Crippen LogP contribution is -2.14. The van der Waals surface area contributed by atoms with Crippen LogP contribution in [0.25, 0.3) is 11.1 Å². The number of unbranched alkanes of at least 4 members (excludes halogenated alkanes) is 1. The van der Waals surface area contributed by atoms with Gasteiger partial charge in [0.2, 0.25) is 5.91 Å². The van der Waals surface area contributed by atoms with Gasteiger partial charge in [0.15, 0.2) is 11.5 Å². The highest BCUT2D eigenvalue weighted by atomic mass is 32.1. The summed E-state index contributed by atoms with van der Waals surface area (Å²) in [5.41, 5.74) is 4.24. The molecule has 36 heavy (non-hydrogen) atoms. The molecule has 7 heteroatoms. The van der Waals surface area contributed by atoms with E-state index in [4.69, 9.17) is 14.2 Å². The molecule has 0 atom stereocenters. The minimum absolute atomic E-state index is 0.170. The second-order valence-corrected chi connectivity index (χ2v) is 9.24. The van der Waals surface area contributed by atoms with Gasteiger partial charge >= 0.3 is 5.97 Å². The molecule has 1 amide bonds. The van der Waals surface area contributed by atoms with Crippen LogP contribution in [0.15, 0.2) is 47.8 Å². The molecule has 192 valence electrons. The van der Waals surface area contributed by atoms with Crippen LogP contribution in [0.4, 0.5) is 5.00 Å².